The van der Waals surface area contributed by atoms with E-state index in [1.807, 2.05) is 24.3 Å². The molecule has 3 aromatic rings. The van der Waals surface area contributed by atoms with Gasteiger partial charge in [0.25, 0.3) is 5.91 Å². The van der Waals surface area contributed by atoms with E-state index >= 15 is 0 Å². The molecule has 0 saturated carbocycles. The zero-order valence-electron chi connectivity index (χ0n) is 14.8. The van der Waals surface area contributed by atoms with E-state index in [1.54, 1.807) is 19.2 Å². The van der Waals surface area contributed by atoms with E-state index in [9.17, 15) is 9.18 Å². The highest BCUT2D eigenvalue weighted by Gasteiger charge is 2.09. The van der Waals surface area contributed by atoms with Crippen molar-refractivity contribution in [2.75, 3.05) is 24.3 Å². The van der Waals surface area contributed by atoms with Crippen molar-refractivity contribution in [3.63, 3.8) is 0 Å². The molecule has 1 heterocycles. The van der Waals surface area contributed by atoms with Crippen LogP contribution in [0.1, 0.15) is 16.1 Å². The van der Waals surface area contributed by atoms with Crippen LogP contribution >= 0.6 is 0 Å². The predicted octanol–water partition coefficient (Wildman–Crippen LogP) is 3.53. The zero-order chi connectivity index (χ0) is 19.1. The first-order valence-corrected chi connectivity index (χ1v) is 8.41. The van der Waals surface area contributed by atoms with Crippen molar-refractivity contribution < 1.29 is 13.9 Å². The second-order valence-electron chi connectivity index (χ2n) is 5.79. The Morgan fingerprint density at radius 2 is 1.89 bits per heavy atom. The summed E-state index contributed by atoms with van der Waals surface area (Å²) < 4.78 is 18.1. The van der Waals surface area contributed by atoms with Crippen LogP contribution in [-0.4, -0.2) is 29.8 Å². The lowest BCUT2D eigenvalue weighted by Gasteiger charge is -2.07. The van der Waals surface area contributed by atoms with Crippen LogP contribution in [0.4, 0.5) is 15.9 Å². The van der Waals surface area contributed by atoms with E-state index in [0.717, 1.165) is 17.7 Å². The number of nitrogens with one attached hydrogen (secondary N) is 2. The third-order valence-electron chi connectivity index (χ3n) is 3.85. The first kappa shape index (κ1) is 18.3. The van der Waals surface area contributed by atoms with Crippen LogP contribution in [-0.2, 0) is 6.42 Å². The molecular formula is C20H19FN4O2. The summed E-state index contributed by atoms with van der Waals surface area (Å²) in [6.07, 6.45) is 0.797. The Morgan fingerprint density at radius 1 is 1.07 bits per heavy atom. The second kappa shape index (κ2) is 8.75. The number of aromatic nitrogens is 2. The third-order valence-corrected chi connectivity index (χ3v) is 3.85. The maximum absolute atomic E-state index is 12.9. The number of ether oxygens (including phenoxy) is 1. The Morgan fingerprint density at radius 3 is 2.59 bits per heavy atom. The number of halogens is 1. The van der Waals surface area contributed by atoms with Gasteiger partial charge in [-0.05, 0) is 60.5 Å². The van der Waals surface area contributed by atoms with Gasteiger partial charge in [-0.2, -0.15) is 0 Å². The van der Waals surface area contributed by atoms with Gasteiger partial charge in [-0.25, -0.2) is 4.39 Å². The fourth-order valence-corrected chi connectivity index (χ4v) is 2.44. The van der Waals surface area contributed by atoms with E-state index < -0.39 is 5.91 Å². The van der Waals surface area contributed by atoms with E-state index in [0.29, 0.717) is 18.1 Å². The highest BCUT2D eigenvalue weighted by Crippen LogP contribution is 2.13. The lowest BCUT2D eigenvalue weighted by Crippen LogP contribution is -2.15. The van der Waals surface area contributed by atoms with Crippen LogP contribution in [0.25, 0.3) is 0 Å². The fourth-order valence-electron chi connectivity index (χ4n) is 2.44. The van der Waals surface area contributed by atoms with Gasteiger partial charge in [0.1, 0.15) is 17.4 Å². The summed E-state index contributed by atoms with van der Waals surface area (Å²) in [6, 6.07) is 16.6. The van der Waals surface area contributed by atoms with Gasteiger partial charge in [-0.3, -0.25) is 4.79 Å². The highest BCUT2D eigenvalue weighted by atomic mass is 19.1. The molecular weight excluding hydrogens is 347 g/mol. The molecule has 0 aliphatic heterocycles. The normalized spacial score (nSPS) is 10.3. The molecule has 0 aliphatic carbocycles. The van der Waals surface area contributed by atoms with Crippen LogP contribution in [0.3, 0.4) is 0 Å². The summed E-state index contributed by atoms with van der Waals surface area (Å²) >= 11 is 0. The number of carbonyl (C=O) groups excluding carboxylic acids is 1. The lowest BCUT2D eigenvalue weighted by atomic mass is 10.1. The summed E-state index contributed by atoms with van der Waals surface area (Å²) in [6.45, 7) is 0.670. The van der Waals surface area contributed by atoms with Crippen molar-refractivity contribution in [2.24, 2.45) is 0 Å². The van der Waals surface area contributed by atoms with Crippen molar-refractivity contribution in [3.05, 3.63) is 77.7 Å². The van der Waals surface area contributed by atoms with E-state index in [2.05, 4.69) is 20.8 Å². The number of methoxy groups -OCH3 is 1. The largest absolute Gasteiger partial charge is 0.497 e. The molecule has 2 aromatic carbocycles. The number of hydrogen-bond acceptors (Lipinski definition) is 5. The Hall–Kier alpha value is -3.48. The average molecular weight is 366 g/mol. The standard InChI is InChI=1S/C20H19FN4O2/c1-27-17-4-2-3-14(13-17)11-12-22-19-10-9-18(24-25-19)20(26)23-16-7-5-15(21)6-8-16/h2-10,13H,11-12H2,1H3,(H,22,25)(H,23,26). The first-order valence-electron chi connectivity index (χ1n) is 8.41. The molecule has 6 nitrogen and oxygen atoms in total. The molecule has 2 N–H and O–H groups in total. The molecule has 3 rings (SSSR count). The monoisotopic (exact) mass is 366 g/mol. The van der Waals surface area contributed by atoms with Crippen molar-refractivity contribution in [2.45, 2.75) is 6.42 Å². The first-order chi connectivity index (χ1) is 13.1. The van der Waals surface area contributed by atoms with Crippen LogP contribution in [0.5, 0.6) is 5.75 Å². The minimum atomic E-state index is -0.406. The molecule has 1 amide bonds. The Kier molecular flexibility index (Phi) is 5.94. The Bertz CT molecular complexity index is 899. The van der Waals surface area contributed by atoms with Gasteiger partial charge in [0, 0.05) is 12.2 Å². The fraction of sp³-hybridized carbons (Fsp3) is 0.150. The number of anilines is 2. The molecule has 0 saturated heterocycles. The van der Waals surface area contributed by atoms with Gasteiger partial charge in [0.05, 0.1) is 7.11 Å². The van der Waals surface area contributed by atoms with Crippen LogP contribution in [0, 0.1) is 5.82 Å². The summed E-state index contributed by atoms with van der Waals surface area (Å²) in [7, 11) is 1.64. The maximum atomic E-state index is 12.9. The smallest absolute Gasteiger partial charge is 0.276 e. The van der Waals surface area contributed by atoms with Crippen molar-refractivity contribution >= 4 is 17.4 Å². The van der Waals surface area contributed by atoms with Crippen LogP contribution in [0.2, 0.25) is 0 Å². The van der Waals surface area contributed by atoms with Crippen molar-refractivity contribution in [3.8, 4) is 5.75 Å². The molecule has 0 bridgehead atoms. The maximum Gasteiger partial charge on any atom is 0.276 e. The molecule has 7 heteroatoms. The third kappa shape index (κ3) is 5.24. The molecule has 0 radical (unpaired) electrons. The molecule has 1 aromatic heterocycles. The van der Waals surface area contributed by atoms with E-state index in [-0.39, 0.29) is 11.5 Å². The number of hydrogen-bond donors (Lipinski definition) is 2. The number of rotatable bonds is 7. The lowest BCUT2D eigenvalue weighted by molar-refractivity contribution is 0.102. The highest BCUT2D eigenvalue weighted by molar-refractivity contribution is 6.02. The van der Waals surface area contributed by atoms with Gasteiger partial charge in [-0.1, -0.05) is 12.1 Å². The molecule has 0 spiro atoms. The summed E-state index contributed by atoms with van der Waals surface area (Å²) in [4.78, 5) is 12.1. The Balaban J connectivity index is 1.52. The van der Waals surface area contributed by atoms with Gasteiger partial charge in [0.15, 0.2) is 5.69 Å². The van der Waals surface area contributed by atoms with Crippen molar-refractivity contribution in [1.29, 1.82) is 0 Å². The number of nitrogens with zero attached hydrogens (tertiary/aromatic N) is 2. The number of carbonyl (C=O) groups is 1. The Labute approximate surface area is 156 Å². The molecule has 0 unspecified atom stereocenters. The average Bonchev–Trinajstić information content (AvgIpc) is 2.70. The van der Waals surface area contributed by atoms with Crippen LogP contribution in [0.15, 0.2) is 60.7 Å². The molecule has 0 atom stereocenters. The van der Waals surface area contributed by atoms with E-state index in [1.165, 1.54) is 24.3 Å². The van der Waals surface area contributed by atoms with Crippen molar-refractivity contribution in [1.82, 2.24) is 10.2 Å². The van der Waals surface area contributed by atoms with Gasteiger partial charge < -0.3 is 15.4 Å². The van der Waals surface area contributed by atoms with Gasteiger partial charge in [-0.15, -0.1) is 10.2 Å². The molecule has 27 heavy (non-hydrogen) atoms. The summed E-state index contributed by atoms with van der Waals surface area (Å²) in [5, 5.41) is 13.7. The predicted molar refractivity (Wildman–Crippen MR) is 102 cm³/mol. The van der Waals surface area contributed by atoms with Gasteiger partial charge in [0.2, 0.25) is 0 Å². The summed E-state index contributed by atoms with van der Waals surface area (Å²) in [5.41, 5.74) is 1.81. The molecule has 0 fully saturated rings. The van der Waals surface area contributed by atoms with Crippen LogP contribution < -0.4 is 15.4 Å². The zero-order valence-corrected chi connectivity index (χ0v) is 14.8. The van der Waals surface area contributed by atoms with E-state index in [4.69, 9.17) is 4.74 Å². The number of benzene rings is 2. The quantitative estimate of drug-likeness (QED) is 0.669. The SMILES string of the molecule is COc1cccc(CCNc2ccc(C(=O)Nc3ccc(F)cc3)nn2)c1. The topological polar surface area (TPSA) is 76.1 Å². The molecule has 138 valence electrons. The second-order valence-corrected chi connectivity index (χ2v) is 5.79. The number of amides is 1. The summed E-state index contributed by atoms with van der Waals surface area (Å²) in [5.74, 6) is 0.634. The minimum absolute atomic E-state index is 0.178. The molecule has 0 aliphatic rings. The van der Waals surface area contributed by atoms with Gasteiger partial charge >= 0.3 is 0 Å². The minimum Gasteiger partial charge on any atom is -0.497 e.